The van der Waals surface area contributed by atoms with Crippen molar-refractivity contribution < 1.29 is 45.2 Å². The molecule has 1 fully saturated rings. The Labute approximate surface area is 292 Å². The molecule has 4 heterocycles. The molecule has 6 rings (SSSR count). The summed E-state index contributed by atoms with van der Waals surface area (Å²) in [5.74, 6) is -6.67. The van der Waals surface area contributed by atoms with E-state index in [1.165, 1.54) is 34.8 Å². The van der Waals surface area contributed by atoms with Gasteiger partial charge in [0, 0.05) is 49.6 Å². The fraction of sp³-hybridized carbons (Fsp3) is 0.242. The number of pyridine rings is 1. The molecule has 0 spiro atoms. The van der Waals surface area contributed by atoms with Crippen LogP contribution >= 0.6 is 11.3 Å². The summed E-state index contributed by atoms with van der Waals surface area (Å²) in [6, 6.07) is 10.2. The van der Waals surface area contributed by atoms with Crippen LogP contribution in [0.25, 0.3) is 10.7 Å². The van der Waals surface area contributed by atoms with Crippen LogP contribution < -0.4 is 10.6 Å². The molecule has 266 valence electrons. The van der Waals surface area contributed by atoms with Crippen molar-refractivity contribution in [3.05, 3.63) is 113 Å². The molecule has 1 amide bonds. The number of aromatic nitrogens is 3. The van der Waals surface area contributed by atoms with Crippen molar-refractivity contribution in [1.29, 1.82) is 0 Å². The zero-order valence-electron chi connectivity index (χ0n) is 26.4. The maximum Gasteiger partial charge on any atom is 0.394 e. The summed E-state index contributed by atoms with van der Waals surface area (Å²) in [6.45, 7) is 0.720. The Kier molecular flexibility index (Phi) is 10.6. The Bertz CT molecular complexity index is 2160. The Balaban J connectivity index is 1.19. The molecular formula is C33H28F4N6O6S2. The van der Waals surface area contributed by atoms with Gasteiger partial charge in [-0.2, -0.15) is 9.29 Å². The van der Waals surface area contributed by atoms with Crippen molar-refractivity contribution in [2.24, 2.45) is 0 Å². The summed E-state index contributed by atoms with van der Waals surface area (Å²) in [6.07, 6.45) is 2.01. The van der Waals surface area contributed by atoms with Gasteiger partial charge in [0.05, 0.1) is 23.0 Å². The van der Waals surface area contributed by atoms with Gasteiger partial charge in [0.1, 0.15) is 27.5 Å². The molecule has 51 heavy (non-hydrogen) atoms. The fourth-order valence-corrected chi connectivity index (χ4v) is 8.85. The van der Waals surface area contributed by atoms with E-state index < -0.39 is 63.0 Å². The Morgan fingerprint density at radius 3 is 2.47 bits per heavy atom. The summed E-state index contributed by atoms with van der Waals surface area (Å²) in [5.41, 5.74) is 0.657. The van der Waals surface area contributed by atoms with E-state index in [-0.39, 0.29) is 64.1 Å². The molecular weight excluding hydrogens is 717 g/mol. The highest BCUT2D eigenvalue weighted by Crippen LogP contribution is 2.34. The fourth-order valence-electron chi connectivity index (χ4n) is 5.83. The third-order valence-electron chi connectivity index (χ3n) is 8.23. The second-order valence-corrected chi connectivity index (χ2v) is 14.8. The van der Waals surface area contributed by atoms with Crippen LogP contribution in [-0.4, -0.2) is 70.5 Å². The van der Waals surface area contributed by atoms with E-state index in [0.717, 1.165) is 41.8 Å². The third kappa shape index (κ3) is 8.14. The summed E-state index contributed by atoms with van der Waals surface area (Å²) in [4.78, 5) is 32.4. The van der Waals surface area contributed by atoms with E-state index in [0.29, 0.717) is 18.2 Å². The summed E-state index contributed by atoms with van der Waals surface area (Å²) in [7, 11) is -4.07. The quantitative estimate of drug-likeness (QED) is 0.145. The van der Waals surface area contributed by atoms with Crippen molar-refractivity contribution in [3.8, 4) is 10.7 Å². The molecule has 0 saturated carbocycles. The number of amides is 1. The molecule has 3 N–H and O–H groups in total. The van der Waals surface area contributed by atoms with Crippen LogP contribution in [0.2, 0.25) is 0 Å². The van der Waals surface area contributed by atoms with Crippen LogP contribution in [0, 0.1) is 23.3 Å². The van der Waals surface area contributed by atoms with Crippen molar-refractivity contribution >= 4 is 38.9 Å². The summed E-state index contributed by atoms with van der Waals surface area (Å²) in [5, 5.41) is 18.4. The number of aromatic carboxylic acids is 1. The molecule has 0 bridgehead atoms. The maximum atomic E-state index is 15.3. The molecule has 0 radical (unpaired) electrons. The topological polar surface area (TPSA) is 168 Å². The molecule has 5 aromatic rings. The lowest BCUT2D eigenvalue weighted by Crippen LogP contribution is -2.53. The number of carboxylic acids is 1. The monoisotopic (exact) mass is 744 g/mol. The van der Waals surface area contributed by atoms with Crippen molar-refractivity contribution in [2.45, 2.75) is 35.4 Å². The number of carbonyl (C=O) groups is 2. The molecule has 1 aliphatic heterocycles. The number of hydrogen-bond acceptors (Lipinski definition) is 10. The number of thiophene rings is 1. The first kappa shape index (κ1) is 35.8. The van der Waals surface area contributed by atoms with Crippen molar-refractivity contribution in [3.63, 3.8) is 0 Å². The van der Waals surface area contributed by atoms with E-state index in [4.69, 9.17) is 5.11 Å². The van der Waals surface area contributed by atoms with Gasteiger partial charge >= 0.3 is 11.9 Å². The van der Waals surface area contributed by atoms with Crippen LogP contribution in [-0.2, 0) is 21.2 Å². The standard InChI is InChI=1S/C33H28F4N6O6S2/c34-20-3-1-18(2-4-20)25(19-11-21(35)13-22(36)12-19)14-29(44)40-27-17-39-16-26(37)24(27)6-5-23-15-38-9-10-43(23)51(47,48)30-8-7-28(50-30)31-41-32(33(45)46)49-42-31/h1-4,7-8,11-13,16-17,23,25,38H,5-6,9-10,14-15H2,(H,40,44)(H,45,46)/t23-,25-/m0/s1. The highest BCUT2D eigenvalue weighted by atomic mass is 32.2. The number of benzene rings is 2. The van der Waals surface area contributed by atoms with E-state index in [1.807, 2.05) is 0 Å². The average Bonchev–Trinajstić information content (AvgIpc) is 3.79. The van der Waals surface area contributed by atoms with Crippen LogP contribution in [0.3, 0.4) is 0 Å². The van der Waals surface area contributed by atoms with Gasteiger partial charge in [0.15, 0.2) is 0 Å². The number of nitrogens with one attached hydrogen (secondary N) is 2. The first-order valence-electron chi connectivity index (χ1n) is 15.4. The van der Waals surface area contributed by atoms with E-state index in [9.17, 15) is 31.2 Å². The van der Waals surface area contributed by atoms with Gasteiger partial charge in [-0.05, 0) is 60.4 Å². The third-order valence-corrected chi connectivity index (χ3v) is 11.7. The first-order chi connectivity index (χ1) is 24.4. The predicted octanol–water partition coefficient (Wildman–Crippen LogP) is 5.20. The van der Waals surface area contributed by atoms with Gasteiger partial charge in [0.2, 0.25) is 11.7 Å². The Morgan fingerprint density at radius 1 is 1.02 bits per heavy atom. The molecule has 12 nitrogen and oxygen atoms in total. The largest absolute Gasteiger partial charge is 0.474 e. The SMILES string of the molecule is O=C(C[C@@H](c1ccc(F)cc1)c1cc(F)cc(F)c1)Nc1cncc(F)c1CC[C@H]1CNCCN1S(=O)(=O)c1ccc(-c2noc(C(=O)O)n2)s1. The molecule has 1 aliphatic rings. The number of sulfonamides is 1. The highest BCUT2D eigenvalue weighted by molar-refractivity contribution is 7.91. The number of carboxylic acid groups (broad SMARTS) is 1. The van der Waals surface area contributed by atoms with Gasteiger partial charge in [-0.3, -0.25) is 9.78 Å². The number of anilines is 1. The smallest absolute Gasteiger partial charge is 0.394 e. The van der Waals surface area contributed by atoms with Crippen molar-refractivity contribution in [1.82, 2.24) is 24.7 Å². The second kappa shape index (κ2) is 15.1. The van der Waals surface area contributed by atoms with Crippen LogP contribution in [0.15, 0.2) is 75.7 Å². The van der Waals surface area contributed by atoms with Crippen LogP contribution in [0.4, 0.5) is 23.2 Å². The average molecular weight is 745 g/mol. The zero-order chi connectivity index (χ0) is 36.3. The van der Waals surface area contributed by atoms with Crippen LogP contribution in [0.1, 0.15) is 46.1 Å². The highest BCUT2D eigenvalue weighted by Gasteiger charge is 2.35. The molecule has 3 aromatic heterocycles. The lowest BCUT2D eigenvalue weighted by Gasteiger charge is -2.35. The normalized spacial score (nSPS) is 15.8. The summed E-state index contributed by atoms with van der Waals surface area (Å²) < 4.78 is 90.8. The van der Waals surface area contributed by atoms with E-state index in [1.54, 1.807) is 0 Å². The molecule has 2 aromatic carbocycles. The summed E-state index contributed by atoms with van der Waals surface area (Å²) >= 11 is 0.840. The van der Waals surface area contributed by atoms with E-state index in [2.05, 4.69) is 30.3 Å². The van der Waals surface area contributed by atoms with Gasteiger partial charge in [-0.15, -0.1) is 11.3 Å². The minimum atomic E-state index is -4.07. The Morgan fingerprint density at radius 2 is 1.76 bits per heavy atom. The number of piperazine rings is 1. The van der Waals surface area contributed by atoms with E-state index >= 15 is 4.39 Å². The van der Waals surface area contributed by atoms with Gasteiger partial charge in [0.25, 0.3) is 10.0 Å². The van der Waals surface area contributed by atoms with Crippen molar-refractivity contribution in [2.75, 3.05) is 25.0 Å². The van der Waals surface area contributed by atoms with Crippen LogP contribution in [0.5, 0.6) is 0 Å². The minimum absolute atomic E-state index is 0.00462. The van der Waals surface area contributed by atoms with Gasteiger partial charge in [-0.1, -0.05) is 17.3 Å². The maximum absolute atomic E-state index is 15.3. The zero-order valence-corrected chi connectivity index (χ0v) is 28.0. The Hall–Kier alpha value is -5.04. The predicted molar refractivity (Wildman–Crippen MR) is 175 cm³/mol. The number of halogens is 4. The number of rotatable bonds is 12. The lowest BCUT2D eigenvalue weighted by atomic mass is 9.88. The molecule has 2 atom stereocenters. The van der Waals surface area contributed by atoms with Gasteiger partial charge in [-0.25, -0.2) is 30.8 Å². The second-order valence-electron chi connectivity index (χ2n) is 11.6. The molecule has 18 heteroatoms. The lowest BCUT2D eigenvalue weighted by molar-refractivity contribution is -0.116. The van der Waals surface area contributed by atoms with Gasteiger partial charge < -0.3 is 20.3 Å². The molecule has 0 aliphatic carbocycles. The number of hydrogen-bond donors (Lipinski definition) is 3. The number of carbonyl (C=O) groups excluding carboxylic acids is 1. The number of nitrogens with zero attached hydrogens (tertiary/aromatic N) is 4. The molecule has 1 saturated heterocycles. The first-order valence-corrected chi connectivity index (χ1v) is 17.7. The minimum Gasteiger partial charge on any atom is -0.474 e. The molecule has 0 unspecified atom stereocenters.